The number of alkyl halides is 3. The highest BCUT2D eigenvalue weighted by Gasteiger charge is 2.29. The van der Waals surface area contributed by atoms with Crippen LogP contribution in [0.1, 0.15) is 22.5 Å². The Morgan fingerprint density at radius 3 is 2.41 bits per heavy atom. The van der Waals surface area contributed by atoms with Gasteiger partial charge in [-0.2, -0.15) is 18.3 Å². The van der Waals surface area contributed by atoms with Crippen molar-refractivity contribution in [1.82, 2.24) is 14.6 Å². The first-order valence-corrected chi connectivity index (χ1v) is 6.66. The fourth-order valence-corrected chi connectivity index (χ4v) is 2.17. The van der Waals surface area contributed by atoms with Crippen molar-refractivity contribution >= 4 is 5.65 Å². The SMILES string of the molecule is NCc1ccn2nc(Cc3ccc(C(F)(F)F)cc3)nc2c1. The lowest BCUT2D eigenvalue weighted by atomic mass is 10.1. The number of benzene rings is 1. The van der Waals surface area contributed by atoms with Gasteiger partial charge >= 0.3 is 6.18 Å². The summed E-state index contributed by atoms with van der Waals surface area (Å²) in [7, 11) is 0. The number of fused-ring (bicyclic) bond motifs is 1. The number of aromatic nitrogens is 3. The molecule has 3 aromatic rings. The van der Waals surface area contributed by atoms with Crippen LogP contribution >= 0.6 is 0 Å². The van der Waals surface area contributed by atoms with Crippen LogP contribution in [0.15, 0.2) is 42.6 Å². The smallest absolute Gasteiger partial charge is 0.326 e. The molecule has 3 rings (SSSR count). The molecule has 2 N–H and O–H groups in total. The van der Waals surface area contributed by atoms with Gasteiger partial charge in [0.2, 0.25) is 0 Å². The first-order valence-electron chi connectivity index (χ1n) is 6.66. The molecule has 0 spiro atoms. The maximum Gasteiger partial charge on any atom is 0.416 e. The minimum absolute atomic E-state index is 0.373. The molecule has 0 unspecified atom stereocenters. The summed E-state index contributed by atoms with van der Waals surface area (Å²) in [5.41, 5.74) is 7.25. The monoisotopic (exact) mass is 306 g/mol. The van der Waals surface area contributed by atoms with Gasteiger partial charge in [0.25, 0.3) is 0 Å². The first kappa shape index (κ1) is 14.5. The highest BCUT2D eigenvalue weighted by molar-refractivity contribution is 5.41. The summed E-state index contributed by atoms with van der Waals surface area (Å²) >= 11 is 0. The van der Waals surface area contributed by atoms with Crippen LogP contribution in [0, 0.1) is 0 Å². The fraction of sp³-hybridized carbons (Fsp3) is 0.200. The van der Waals surface area contributed by atoms with E-state index in [2.05, 4.69) is 10.1 Å². The molecule has 2 aromatic heterocycles. The number of hydrogen-bond donors (Lipinski definition) is 1. The molecule has 0 atom stereocenters. The Hall–Kier alpha value is -2.41. The van der Waals surface area contributed by atoms with Gasteiger partial charge in [0.05, 0.1) is 5.56 Å². The summed E-state index contributed by atoms with van der Waals surface area (Å²) in [5.74, 6) is 0.550. The lowest BCUT2D eigenvalue weighted by molar-refractivity contribution is -0.137. The summed E-state index contributed by atoms with van der Waals surface area (Å²) in [6.45, 7) is 0.414. The van der Waals surface area contributed by atoms with Crippen molar-refractivity contribution in [1.29, 1.82) is 0 Å². The Balaban J connectivity index is 1.83. The van der Waals surface area contributed by atoms with Crippen molar-refractivity contribution in [3.8, 4) is 0 Å². The van der Waals surface area contributed by atoms with E-state index in [1.165, 1.54) is 12.1 Å². The molecule has 114 valence electrons. The minimum atomic E-state index is -4.32. The third kappa shape index (κ3) is 2.94. The minimum Gasteiger partial charge on any atom is -0.326 e. The van der Waals surface area contributed by atoms with Gasteiger partial charge in [0.15, 0.2) is 11.5 Å². The summed E-state index contributed by atoms with van der Waals surface area (Å²) in [6, 6.07) is 8.71. The molecule has 0 fully saturated rings. The third-order valence-corrected chi connectivity index (χ3v) is 3.33. The molecule has 22 heavy (non-hydrogen) atoms. The molecule has 0 aliphatic rings. The van der Waals surface area contributed by atoms with Crippen LogP contribution in [-0.4, -0.2) is 14.6 Å². The lowest BCUT2D eigenvalue weighted by Gasteiger charge is -2.06. The molecule has 0 aliphatic heterocycles. The highest BCUT2D eigenvalue weighted by atomic mass is 19.4. The zero-order valence-electron chi connectivity index (χ0n) is 11.5. The molecule has 7 heteroatoms. The standard InChI is InChI=1S/C15H13F3N4/c16-15(17,18)12-3-1-10(2-4-12)7-13-20-14-8-11(9-19)5-6-22(14)21-13/h1-6,8H,7,9,19H2. The average Bonchev–Trinajstić information content (AvgIpc) is 2.88. The Labute approximate surface area is 124 Å². The molecule has 0 aliphatic carbocycles. The number of nitrogens with zero attached hydrogens (tertiary/aromatic N) is 3. The molecule has 2 heterocycles. The summed E-state index contributed by atoms with van der Waals surface area (Å²) < 4.78 is 39.2. The van der Waals surface area contributed by atoms with Crippen molar-refractivity contribution in [2.24, 2.45) is 5.73 Å². The first-order chi connectivity index (χ1) is 10.5. The predicted octanol–water partition coefficient (Wildman–Crippen LogP) is 2.80. The molecule has 4 nitrogen and oxygen atoms in total. The lowest BCUT2D eigenvalue weighted by Crippen LogP contribution is -2.04. The zero-order chi connectivity index (χ0) is 15.7. The zero-order valence-corrected chi connectivity index (χ0v) is 11.5. The molecule has 1 aromatic carbocycles. The van der Waals surface area contributed by atoms with Crippen LogP contribution in [0.4, 0.5) is 13.2 Å². The van der Waals surface area contributed by atoms with Gasteiger partial charge in [0.1, 0.15) is 0 Å². The van der Waals surface area contributed by atoms with Gasteiger partial charge in [-0.1, -0.05) is 12.1 Å². The van der Waals surface area contributed by atoms with Crippen LogP contribution < -0.4 is 5.73 Å². The van der Waals surface area contributed by atoms with Gasteiger partial charge in [-0.3, -0.25) is 0 Å². The number of hydrogen-bond acceptors (Lipinski definition) is 3. The second-order valence-electron chi connectivity index (χ2n) is 4.94. The molecule has 0 bridgehead atoms. The van der Waals surface area contributed by atoms with Crippen molar-refractivity contribution in [3.05, 3.63) is 65.1 Å². The highest BCUT2D eigenvalue weighted by Crippen LogP contribution is 2.29. The molecule has 0 saturated carbocycles. The van der Waals surface area contributed by atoms with Crippen LogP contribution in [-0.2, 0) is 19.1 Å². The van der Waals surface area contributed by atoms with E-state index in [9.17, 15) is 13.2 Å². The molecule has 0 radical (unpaired) electrons. The summed E-state index contributed by atoms with van der Waals surface area (Å²) in [4.78, 5) is 4.36. The number of halogens is 3. The van der Waals surface area contributed by atoms with E-state index in [1.807, 2.05) is 12.1 Å². The quantitative estimate of drug-likeness (QED) is 0.809. The second kappa shape index (κ2) is 5.42. The predicted molar refractivity (Wildman–Crippen MR) is 75.1 cm³/mol. The maximum atomic E-state index is 12.5. The van der Waals surface area contributed by atoms with Crippen molar-refractivity contribution in [2.75, 3.05) is 0 Å². The Bertz CT molecular complexity index is 791. The van der Waals surface area contributed by atoms with E-state index in [4.69, 9.17) is 5.73 Å². The molecular formula is C15H13F3N4. The third-order valence-electron chi connectivity index (χ3n) is 3.33. The van der Waals surface area contributed by atoms with Crippen molar-refractivity contribution in [2.45, 2.75) is 19.1 Å². The van der Waals surface area contributed by atoms with Crippen LogP contribution in [0.2, 0.25) is 0 Å². The number of nitrogens with two attached hydrogens (primary N) is 1. The van der Waals surface area contributed by atoms with E-state index >= 15 is 0 Å². The van der Waals surface area contributed by atoms with E-state index in [0.29, 0.717) is 24.4 Å². The molecule has 0 amide bonds. The fourth-order valence-electron chi connectivity index (χ4n) is 2.17. The van der Waals surface area contributed by atoms with Crippen LogP contribution in [0.25, 0.3) is 5.65 Å². The number of pyridine rings is 1. The second-order valence-corrected chi connectivity index (χ2v) is 4.94. The van der Waals surface area contributed by atoms with Gasteiger partial charge < -0.3 is 5.73 Å². The Kier molecular flexibility index (Phi) is 3.58. The van der Waals surface area contributed by atoms with Gasteiger partial charge in [-0.05, 0) is 35.4 Å². The van der Waals surface area contributed by atoms with E-state index < -0.39 is 11.7 Å². The number of rotatable bonds is 3. The molecular weight excluding hydrogens is 293 g/mol. The van der Waals surface area contributed by atoms with E-state index in [0.717, 1.165) is 23.3 Å². The van der Waals surface area contributed by atoms with E-state index in [-0.39, 0.29) is 0 Å². The van der Waals surface area contributed by atoms with Gasteiger partial charge in [-0.25, -0.2) is 9.50 Å². The van der Waals surface area contributed by atoms with E-state index in [1.54, 1.807) is 10.7 Å². The average molecular weight is 306 g/mol. The summed E-state index contributed by atoms with van der Waals surface area (Å²) in [5, 5.41) is 4.30. The Morgan fingerprint density at radius 2 is 1.77 bits per heavy atom. The van der Waals surface area contributed by atoms with Crippen LogP contribution in [0.3, 0.4) is 0 Å². The van der Waals surface area contributed by atoms with Gasteiger partial charge in [-0.15, -0.1) is 0 Å². The van der Waals surface area contributed by atoms with Gasteiger partial charge in [0, 0.05) is 19.2 Å². The summed E-state index contributed by atoms with van der Waals surface area (Å²) in [6.07, 6.45) is -2.18. The maximum absolute atomic E-state index is 12.5. The largest absolute Gasteiger partial charge is 0.416 e. The topological polar surface area (TPSA) is 56.2 Å². The Morgan fingerprint density at radius 1 is 1.05 bits per heavy atom. The molecule has 0 saturated heterocycles. The normalized spacial score (nSPS) is 12.0. The van der Waals surface area contributed by atoms with Crippen molar-refractivity contribution < 1.29 is 13.2 Å². The van der Waals surface area contributed by atoms with Crippen LogP contribution in [0.5, 0.6) is 0 Å². The van der Waals surface area contributed by atoms with Crippen molar-refractivity contribution in [3.63, 3.8) is 0 Å².